The number of esters is 3. The van der Waals surface area contributed by atoms with Crippen LogP contribution in [0.15, 0.2) is 0 Å². The Morgan fingerprint density at radius 2 is 1.45 bits per heavy atom. The van der Waals surface area contributed by atoms with E-state index in [1.165, 1.54) is 0 Å². The van der Waals surface area contributed by atoms with Crippen molar-refractivity contribution in [3.05, 3.63) is 0 Å². The van der Waals surface area contributed by atoms with Crippen molar-refractivity contribution in [3.63, 3.8) is 0 Å². The number of Topliss-reactive ketones (excluding diaryl/α,β-unsaturated/α-hetero) is 1. The van der Waals surface area contributed by atoms with Crippen molar-refractivity contribution in [2.75, 3.05) is 6.61 Å². The Kier molecular flexibility index (Phi) is 8.70. The number of hydrogen-bond donors (Lipinski definition) is 2. The summed E-state index contributed by atoms with van der Waals surface area (Å²) in [7, 11) is 0. The molecule has 162 valence electrons. The maximum atomic E-state index is 12.4. The zero-order valence-corrected chi connectivity index (χ0v) is 16.3. The van der Waals surface area contributed by atoms with Crippen LogP contribution in [0.2, 0.25) is 0 Å². The van der Waals surface area contributed by atoms with Crippen molar-refractivity contribution in [3.8, 4) is 0 Å². The Morgan fingerprint density at radius 3 is 1.90 bits per heavy atom. The van der Waals surface area contributed by atoms with Crippen LogP contribution in [-0.2, 0) is 47.7 Å². The third-order valence-electron chi connectivity index (χ3n) is 3.76. The Balaban J connectivity index is 3.39. The van der Waals surface area contributed by atoms with E-state index in [-0.39, 0.29) is 0 Å². The maximum absolute atomic E-state index is 12.4. The minimum absolute atomic E-state index is 0.477. The normalized spacial score (nSPS) is 26.0. The van der Waals surface area contributed by atoms with Gasteiger partial charge in [0.05, 0.1) is 0 Å². The van der Waals surface area contributed by atoms with Gasteiger partial charge in [-0.15, -0.1) is 0 Å². The molecule has 0 spiro atoms. The standard InChI is InChI=1S/C17H23NO11/c1-7(19)18-14-15(11(23)5-13(24)25)29-12(6-26-8(2)20)16(27-9(3)21)17(14)28-10(4)22/h12,14-17H,5-6H2,1-4H3,(H,18,19)(H,24,25)/t12-,14+,15+,16-,17-/m1/s1. The van der Waals surface area contributed by atoms with E-state index in [0.717, 1.165) is 27.7 Å². The first-order valence-corrected chi connectivity index (χ1v) is 8.57. The van der Waals surface area contributed by atoms with Crippen molar-refractivity contribution in [1.29, 1.82) is 0 Å². The van der Waals surface area contributed by atoms with Crippen LogP contribution in [0.25, 0.3) is 0 Å². The predicted octanol–water partition coefficient (Wildman–Crippen LogP) is -1.27. The number of carbonyl (C=O) groups is 6. The predicted molar refractivity (Wildman–Crippen MR) is 91.3 cm³/mol. The zero-order chi connectivity index (χ0) is 22.3. The summed E-state index contributed by atoms with van der Waals surface area (Å²) in [5.41, 5.74) is 0. The largest absolute Gasteiger partial charge is 0.481 e. The molecule has 1 amide bonds. The molecule has 2 N–H and O–H groups in total. The third kappa shape index (κ3) is 7.49. The molecule has 0 aliphatic carbocycles. The Bertz CT molecular complexity index is 689. The Hall–Kier alpha value is -3.02. The highest BCUT2D eigenvalue weighted by Gasteiger charge is 2.52. The summed E-state index contributed by atoms with van der Waals surface area (Å²) in [6.45, 7) is 3.88. The van der Waals surface area contributed by atoms with E-state index in [0.29, 0.717) is 0 Å². The quantitative estimate of drug-likeness (QED) is 0.274. The van der Waals surface area contributed by atoms with Gasteiger partial charge in [0.25, 0.3) is 0 Å². The SMILES string of the molecule is CC(=O)N[C@@H]1[C@@H](OC(C)=O)[C@H](OC(C)=O)[C@@H](COC(C)=O)O[C@H]1C(=O)CC(=O)O. The Morgan fingerprint density at radius 1 is 0.897 bits per heavy atom. The number of nitrogens with one attached hydrogen (secondary N) is 1. The van der Waals surface area contributed by atoms with Crippen molar-refractivity contribution in [1.82, 2.24) is 5.32 Å². The molecule has 1 aliphatic rings. The number of rotatable bonds is 8. The van der Waals surface area contributed by atoms with Crippen LogP contribution in [0.3, 0.4) is 0 Å². The van der Waals surface area contributed by atoms with Crippen molar-refractivity contribution in [2.24, 2.45) is 0 Å². The minimum atomic E-state index is -1.56. The monoisotopic (exact) mass is 417 g/mol. The van der Waals surface area contributed by atoms with Gasteiger partial charge in [-0.2, -0.15) is 0 Å². The fourth-order valence-electron chi connectivity index (χ4n) is 2.86. The van der Waals surface area contributed by atoms with Gasteiger partial charge in [-0.25, -0.2) is 0 Å². The molecule has 1 fully saturated rings. The van der Waals surface area contributed by atoms with Crippen molar-refractivity contribution >= 4 is 35.6 Å². The van der Waals surface area contributed by atoms with Crippen LogP contribution in [-0.4, -0.2) is 77.7 Å². The number of aliphatic carboxylic acids is 1. The second-order valence-electron chi connectivity index (χ2n) is 6.31. The molecule has 12 nitrogen and oxygen atoms in total. The van der Waals surface area contributed by atoms with E-state index < -0.39 is 79.1 Å². The van der Waals surface area contributed by atoms with Gasteiger partial charge in [0.2, 0.25) is 5.91 Å². The maximum Gasteiger partial charge on any atom is 0.310 e. The summed E-state index contributed by atoms with van der Waals surface area (Å²) in [5, 5.41) is 11.3. The average Bonchev–Trinajstić information content (AvgIpc) is 2.54. The van der Waals surface area contributed by atoms with Gasteiger partial charge in [0.1, 0.15) is 31.3 Å². The van der Waals surface area contributed by atoms with Crippen molar-refractivity contribution < 1.29 is 52.8 Å². The second-order valence-corrected chi connectivity index (χ2v) is 6.31. The number of carboxylic acid groups (broad SMARTS) is 1. The van der Waals surface area contributed by atoms with Gasteiger partial charge in [-0.05, 0) is 0 Å². The number of carboxylic acids is 1. The Labute approximate surface area is 165 Å². The smallest absolute Gasteiger partial charge is 0.310 e. The molecular weight excluding hydrogens is 394 g/mol. The van der Waals surface area contributed by atoms with E-state index in [9.17, 15) is 28.8 Å². The summed E-state index contributed by atoms with van der Waals surface area (Å²) in [4.78, 5) is 69.4. The summed E-state index contributed by atoms with van der Waals surface area (Å²) < 4.78 is 20.8. The molecule has 0 radical (unpaired) electrons. The highest BCUT2D eigenvalue weighted by molar-refractivity contribution is 5.98. The first-order chi connectivity index (χ1) is 13.4. The van der Waals surface area contributed by atoms with Gasteiger partial charge in [0, 0.05) is 27.7 Å². The number of hydrogen-bond acceptors (Lipinski definition) is 10. The van der Waals surface area contributed by atoms with Crippen LogP contribution >= 0.6 is 0 Å². The number of amides is 1. The lowest BCUT2D eigenvalue weighted by Crippen LogP contribution is -2.67. The van der Waals surface area contributed by atoms with Gasteiger partial charge < -0.3 is 29.4 Å². The van der Waals surface area contributed by atoms with Gasteiger partial charge >= 0.3 is 23.9 Å². The van der Waals surface area contributed by atoms with Crippen LogP contribution in [0, 0.1) is 0 Å². The highest BCUT2D eigenvalue weighted by atomic mass is 16.6. The zero-order valence-electron chi connectivity index (χ0n) is 16.3. The molecule has 1 heterocycles. The summed E-state index contributed by atoms with van der Waals surface area (Å²) in [5.74, 6) is -5.31. The molecule has 0 bridgehead atoms. The van der Waals surface area contributed by atoms with E-state index in [1.807, 2.05) is 0 Å². The molecule has 1 aliphatic heterocycles. The highest BCUT2D eigenvalue weighted by Crippen LogP contribution is 2.28. The van der Waals surface area contributed by atoms with Crippen LogP contribution < -0.4 is 5.32 Å². The van der Waals surface area contributed by atoms with E-state index >= 15 is 0 Å². The lowest BCUT2D eigenvalue weighted by molar-refractivity contribution is -0.222. The number of ketones is 1. The molecule has 0 aromatic heterocycles. The van der Waals surface area contributed by atoms with Crippen LogP contribution in [0.5, 0.6) is 0 Å². The molecule has 0 saturated carbocycles. The lowest BCUT2D eigenvalue weighted by Gasteiger charge is -2.44. The van der Waals surface area contributed by atoms with Gasteiger partial charge in [-0.3, -0.25) is 28.8 Å². The fourth-order valence-corrected chi connectivity index (χ4v) is 2.86. The topological polar surface area (TPSA) is 172 Å². The van der Waals surface area contributed by atoms with E-state index in [4.69, 9.17) is 24.1 Å². The first kappa shape index (κ1) is 24.0. The van der Waals surface area contributed by atoms with Gasteiger partial charge in [-0.1, -0.05) is 0 Å². The third-order valence-corrected chi connectivity index (χ3v) is 3.76. The average molecular weight is 417 g/mol. The molecule has 0 unspecified atom stereocenters. The van der Waals surface area contributed by atoms with Crippen LogP contribution in [0.1, 0.15) is 34.1 Å². The van der Waals surface area contributed by atoms with Crippen molar-refractivity contribution in [2.45, 2.75) is 64.6 Å². The van der Waals surface area contributed by atoms with Gasteiger partial charge in [0.15, 0.2) is 18.0 Å². The molecule has 1 rings (SSSR count). The second kappa shape index (κ2) is 10.5. The molecule has 0 aromatic rings. The molecule has 1 saturated heterocycles. The summed E-state index contributed by atoms with van der Waals surface area (Å²) in [6, 6.07) is -1.35. The number of carbonyl (C=O) groups excluding carboxylic acids is 5. The summed E-state index contributed by atoms with van der Waals surface area (Å²) >= 11 is 0. The lowest BCUT2D eigenvalue weighted by atomic mass is 9.89. The molecule has 12 heteroatoms. The van der Waals surface area contributed by atoms with Crippen LogP contribution in [0.4, 0.5) is 0 Å². The first-order valence-electron chi connectivity index (χ1n) is 8.57. The van der Waals surface area contributed by atoms with E-state index in [2.05, 4.69) is 5.32 Å². The van der Waals surface area contributed by atoms with E-state index in [1.54, 1.807) is 0 Å². The molecule has 0 aromatic carbocycles. The fraction of sp³-hybridized carbons (Fsp3) is 0.647. The number of ether oxygens (including phenoxy) is 4. The minimum Gasteiger partial charge on any atom is -0.481 e. The molecule has 5 atom stereocenters. The molecular formula is C17H23NO11. The summed E-state index contributed by atoms with van der Waals surface area (Å²) in [6.07, 6.45) is -6.52. The molecule has 29 heavy (non-hydrogen) atoms.